The number of rotatable bonds is 7. The van der Waals surface area contributed by atoms with E-state index in [1.54, 1.807) is 0 Å². The first-order valence-corrected chi connectivity index (χ1v) is 12.8. The maximum atomic E-state index is 5.05. The molecule has 0 saturated carbocycles. The molecule has 186 valence electrons. The lowest BCUT2D eigenvalue weighted by Crippen LogP contribution is -2.33. The number of para-hydroxylation sites is 1. The minimum Gasteiger partial charge on any atom is -0.378 e. The smallest absolute Gasteiger partial charge is 0.239 e. The fourth-order valence-corrected chi connectivity index (χ4v) is 4.66. The Balaban J connectivity index is 1.70. The first-order valence-electron chi connectivity index (χ1n) is 12.8. The van der Waals surface area contributed by atoms with Gasteiger partial charge in [0.25, 0.3) is 0 Å². The second kappa shape index (κ2) is 10.3. The van der Waals surface area contributed by atoms with Crippen LogP contribution in [0.3, 0.4) is 0 Å². The molecule has 5 rings (SSSR count). The van der Waals surface area contributed by atoms with Crippen molar-refractivity contribution < 1.29 is 4.57 Å². The van der Waals surface area contributed by atoms with Crippen molar-refractivity contribution in [2.24, 2.45) is 10.2 Å². The highest BCUT2D eigenvalue weighted by molar-refractivity contribution is 5.86. The molecule has 5 aromatic rings. The second-order valence-electron chi connectivity index (χ2n) is 9.37. The summed E-state index contributed by atoms with van der Waals surface area (Å²) in [6.07, 6.45) is 0. The summed E-state index contributed by atoms with van der Waals surface area (Å²) in [4.78, 5) is 9.47. The quantitative estimate of drug-likeness (QED) is 0.137. The molecular formula is C31H33N6+. The van der Waals surface area contributed by atoms with Crippen LogP contribution in [-0.2, 0) is 0 Å². The van der Waals surface area contributed by atoms with E-state index in [0.717, 1.165) is 63.5 Å². The van der Waals surface area contributed by atoms with Crippen LogP contribution in [0, 0.1) is 6.92 Å². The number of benzene rings is 4. The summed E-state index contributed by atoms with van der Waals surface area (Å²) >= 11 is 0. The molecule has 6 nitrogen and oxygen atoms in total. The predicted octanol–water partition coefficient (Wildman–Crippen LogP) is 7.30. The second-order valence-corrected chi connectivity index (χ2v) is 9.37. The molecule has 0 radical (unpaired) electrons. The normalized spacial score (nSPS) is 11.5. The number of hydrogen-bond acceptors (Lipinski definition) is 5. The van der Waals surface area contributed by atoms with Gasteiger partial charge in [-0.05, 0) is 68.8 Å². The van der Waals surface area contributed by atoms with Crippen molar-refractivity contribution in [2.75, 3.05) is 37.0 Å². The van der Waals surface area contributed by atoms with Crippen molar-refractivity contribution >= 4 is 44.8 Å². The van der Waals surface area contributed by atoms with Gasteiger partial charge in [-0.3, -0.25) is 0 Å². The number of aromatic nitrogens is 2. The van der Waals surface area contributed by atoms with E-state index in [2.05, 4.69) is 112 Å². The van der Waals surface area contributed by atoms with Gasteiger partial charge < -0.3 is 9.80 Å². The summed E-state index contributed by atoms with van der Waals surface area (Å²) in [5, 5.41) is 9.19. The number of hydrogen-bond donors (Lipinski definition) is 0. The molecule has 4 aromatic carbocycles. The van der Waals surface area contributed by atoms with Crippen LogP contribution in [0.5, 0.6) is 0 Å². The van der Waals surface area contributed by atoms with Crippen molar-refractivity contribution in [3.63, 3.8) is 0 Å². The molecule has 0 aliphatic heterocycles. The highest BCUT2D eigenvalue weighted by Crippen LogP contribution is 2.29. The number of anilines is 2. The van der Waals surface area contributed by atoms with E-state index in [-0.39, 0.29) is 0 Å². The van der Waals surface area contributed by atoms with Gasteiger partial charge in [0, 0.05) is 62.8 Å². The number of fused-ring (bicyclic) bond motifs is 2. The number of aryl methyl sites for hydroxylation is 1. The molecular weight excluding hydrogens is 456 g/mol. The zero-order valence-electron chi connectivity index (χ0n) is 22.2. The third kappa shape index (κ3) is 4.87. The summed E-state index contributed by atoms with van der Waals surface area (Å²) in [7, 11) is 4.05. The Morgan fingerprint density at radius 2 is 1.41 bits per heavy atom. The molecule has 0 bridgehead atoms. The average Bonchev–Trinajstić information content (AvgIpc) is 2.92. The first kappa shape index (κ1) is 24.4. The van der Waals surface area contributed by atoms with E-state index >= 15 is 0 Å². The lowest BCUT2D eigenvalue weighted by atomic mass is 10.1. The molecule has 0 amide bonds. The zero-order chi connectivity index (χ0) is 25.9. The van der Waals surface area contributed by atoms with Crippen LogP contribution in [0.1, 0.15) is 19.4 Å². The van der Waals surface area contributed by atoms with Crippen LogP contribution in [0.2, 0.25) is 0 Å². The van der Waals surface area contributed by atoms with Crippen LogP contribution in [0.15, 0.2) is 95.2 Å². The van der Waals surface area contributed by atoms with Gasteiger partial charge in [0.1, 0.15) is 11.0 Å². The Kier molecular flexibility index (Phi) is 6.82. The Morgan fingerprint density at radius 3 is 2.08 bits per heavy atom. The van der Waals surface area contributed by atoms with E-state index < -0.39 is 0 Å². The molecule has 37 heavy (non-hydrogen) atoms. The molecule has 6 heteroatoms. The van der Waals surface area contributed by atoms with E-state index in [0.29, 0.717) is 0 Å². The van der Waals surface area contributed by atoms with Crippen LogP contribution in [0.25, 0.3) is 27.8 Å². The SMILES string of the molecule is CCN(CC)c1ccc2nc3cc(C)c(N=Nc4ccc(N(C)C)cc4)cc3[n+](-c3ccccc3)c2c1. The standard InChI is InChI=1S/C31H33N6/c1-6-36(7-2)26-17-18-27-30(20-26)37(25-11-9-8-10-12-25)31-21-28(22(3)19-29(31)32-27)34-33-23-13-15-24(16-14-23)35(4)5/h8-21H,6-7H2,1-5H3/q+1. The molecule has 1 heterocycles. The maximum absolute atomic E-state index is 5.05. The Hall–Kier alpha value is -4.32. The number of nitrogens with zero attached hydrogens (tertiary/aromatic N) is 6. The molecule has 0 N–H and O–H groups in total. The minimum atomic E-state index is 0.821. The van der Waals surface area contributed by atoms with Crippen molar-refractivity contribution in [1.82, 2.24) is 4.98 Å². The van der Waals surface area contributed by atoms with Crippen molar-refractivity contribution in [3.8, 4) is 5.69 Å². The summed E-state index contributed by atoms with van der Waals surface area (Å²) in [6, 6.07) is 29.3. The van der Waals surface area contributed by atoms with Gasteiger partial charge in [0.2, 0.25) is 16.7 Å². The molecule has 0 fully saturated rings. The van der Waals surface area contributed by atoms with Crippen LogP contribution >= 0.6 is 0 Å². The third-order valence-electron chi connectivity index (χ3n) is 6.76. The molecule has 0 aliphatic carbocycles. The minimum absolute atomic E-state index is 0.821. The van der Waals surface area contributed by atoms with E-state index in [1.807, 2.05) is 32.3 Å². The summed E-state index contributed by atoms with van der Waals surface area (Å²) in [5.74, 6) is 0. The summed E-state index contributed by atoms with van der Waals surface area (Å²) in [6.45, 7) is 8.34. The molecule has 1 aromatic heterocycles. The lowest BCUT2D eigenvalue weighted by Gasteiger charge is -2.20. The van der Waals surface area contributed by atoms with Crippen molar-refractivity contribution in [3.05, 3.63) is 90.5 Å². The fourth-order valence-electron chi connectivity index (χ4n) is 4.66. The monoisotopic (exact) mass is 489 g/mol. The predicted molar refractivity (Wildman–Crippen MR) is 154 cm³/mol. The summed E-state index contributed by atoms with van der Waals surface area (Å²) in [5.41, 5.74) is 10.0. The van der Waals surface area contributed by atoms with Gasteiger partial charge >= 0.3 is 0 Å². The maximum Gasteiger partial charge on any atom is 0.239 e. The molecule has 0 aliphatic rings. The largest absolute Gasteiger partial charge is 0.378 e. The van der Waals surface area contributed by atoms with E-state index in [1.165, 1.54) is 5.69 Å². The molecule has 0 unspecified atom stereocenters. The molecule has 0 spiro atoms. The van der Waals surface area contributed by atoms with Crippen LogP contribution < -0.4 is 14.4 Å². The van der Waals surface area contributed by atoms with E-state index in [4.69, 9.17) is 4.98 Å². The number of azo groups is 1. The molecule has 0 saturated heterocycles. The van der Waals surface area contributed by atoms with Gasteiger partial charge in [0.05, 0.1) is 11.4 Å². The first-order chi connectivity index (χ1) is 18.0. The zero-order valence-corrected chi connectivity index (χ0v) is 22.2. The summed E-state index contributed by atoms with van der Waals surface area (Å²) < 4.78 is 2.29. The Morgan fingerprint density at radius 1 is 0.730 bits per heavy atom. The topological polar surface area (TPSA) is 48.0 Å². The Bertz CT molecular complexity index is 1570. The van der Waals surface area contributed by atoms with Gasteiger partial charge in [-0.1, -0.05) is 18.2 Å². The van der Waals surface area contributed by atoms with Crippen molar-refractivity contribution in [1.29, 1.82) is 0 Å². The molecule has 0 atom stereocenters. The van der Waals surface area contributed by atoms with Gasteiger partial charge in [-0.15, -0.1) is 4.57 Å². The van der Waals surface area contributed by atoms with E-state index in [9.17, 15) is 0 Å². The Labute approximate surface area is 218 Å². The highest BCUT2D eigenvalue weighted by Gasteiger charge is 2.22. The third-order valence-corrected chi connectivity index (χ3v) is 6.76. The van der Waals surface area contributed by atoms with Gasteiger partial charge in [0.15, 0.2) is 0 Å². The lowest BCUT2D eigenvalue weighted by molar-refractivity contribution is -0.538. The van der Waals surface area contributed by atoms with Gasteiger partial charge in [-0.2, -0.15) is 10.2 Å². The highest BCUT2D eigenvalue weighted by atomic mass is 15.1. The van der Waals surface area contributed by atoms with Crippen LogP contribution in [-0.4, -0.2) is 32.2 Å². The van der Waals surface area contributed by atoms with Gasteiger partial charge in [-0.25, -0.2) is 4.98 Å². The van der Waals surface area contributed by atoms with Crippen molar-refractivity contribution in [2.45, 2.75) is 20.8 Å². The van der Waals surface area contributed by atoms with Crippen LogP contribution in [0.4, 0.5) is 22.7 Å². The fraction of sp³-hybridized carbons (Fsp3) is 0.226. The average molecular weight is 490 g/mol.